The van der Waals surface area contributed by atoms with Gasteiger partial charge in [0.2, 0.25) is 0 Å². The van der Waals surface area contributed by atoms with Gasteiger partial charge in [0.05, 0.1) is 17.8 Å². The van der Waals surface area contributed by atoms with Gasteiger partial charge in [0, 0.05) is 5.56 Å². The molecule has 3 rings (SSSR count). The Bertz CT molecular complexity index is 767. The topological polar surface area (TPSA) is 37.4 Å². The third-order valence-corrected chi connectivity index (χ3v) is 3.70. The molecule has 0 aromatic heterocycles. The fourth-order valence-electron chi connectivity index (χ4n) is 2.75. The van der Waals surface area contributed by atoms with Crippen LogP contribution in [0.5, 0.6) is 0 Å². The normalized spacial score (nSPS) is 13.8. The van der Waals surface area contributed by atoms with Crippen LogP contribution in [0.25, 0.3) is 0 Å². The number of Topliss-reactive ketones (excluding diaryl/α,β-unsaturated/α-hetero) is 1. The van der Waals surface area contributed by atoms with Gasteiger partial charge in [-0.15, -0.1) is 0 Å². The van der Waals surface area contributed by atoms with Gasteiger partial charge in [0.25, 0.3) is 11.7 Å². The van der Waals surface area contributed by atoms with Gasteiger partial charge in [-0.25, -0.2) is 4.39 Å². The first-order chi connectivity index (χ1) is 9.99. The van der Waals surface area contributed by atoms with E-state index in [0.717, 1.165) is 11.1 Å². The Balaban J connectivity index is 2.08. The van der Waals surface area contributed by atoms with Gasteiger partial charge in [-0.2, -0.15) is 0 Å². The zero-order valence-corrected chi connectivity index (χ0v) is 11.8. The Labute approximate surface area is 122 Å². The van der Waals surface area contributed by atoms with E-state index >= 15 is 0 Å². The number of fused-ring (bicyclic) bond motifs is 1. The van der Waals surface area contributed by atoms with Crippen molar-refractivity contribution in [2.75, 3.05) is 4.90 Å². The van der Waals surface area contributed by atoms with E-state index in [2.05, 4.69) is 0 Å². The first-order valence-corrected chi connectivity index (χ1v) is 6.70. The highest BCUT2D eigenvalue weighted by atomic mass is 19.1. The number of amides is 1. The maximum absolute atomic E-state index is 13.8. The zero-order chi connectivity index (χ0) is 15.1. The van der Waals surface area contributed by atoms with Crippen LogP contribution in [0.1, 0.15) is 27.0 Å². The number of ketones is 1. The molecule has 21 heavy (non-hydrogen) atoms. The van der Waals surface area contributed by atoms with Crippen molar-refractivity contribution >= 4 is 17.4 Å². The maximum Gasteiger partial charge on any atom is 0.299 e. The van der Waals surface area contributed by atoms with Crippen LogP contribution in [0.2, 0.25) is 0 Å². The number of rotatable bonds is 2. The third-order valence-electron chi connectivity index (χ3n) is 3.70. The van der Waals surface area contributed by atoms with Crippen LogP contribution in [0.4, 0.5) is 10.1 Å². The third kappa shape index (κ3) is 2.13. The lowest BCUT2D eigenvalue weighted by Crippen LogP contribution is -2.29. The van der Waals surface area contributed by atoms with Crippen molar-refractivity contribution in [2.24, 2.45) is 0 Å². The number of benzene rings is 2. The number of hydrogen-bond donors (Lipinski definition) is 0. The minimum atomic E-state index is -0.595. The molecular formula is C17H14FNO2. The van der Waals surface area contributed by atoms with E-state index in [1.165, 1.54) is 11.0 Å². The van der Waals surface area contributed by atoms with Gasteiger partial charge in [0.15, 0.2) is 0 Å². The highest BCUT2D eigenvalue weighted by Gasteiger charge is 2.37. The number of carbonyl (C=O) groups excluding carboxylic acids is 2. The van der Waals surface area contributed by atoms with Gasteiger partial charge in [-0.05, 0) is 37.1 Å². The minimum Gasteiger partial charge on any atom is -0.300 e. The number of halogens is 1. The molecule has 0 bridgehead atoms. The highest BCUT2D eigenvalue weighted by molar-refractivity contribution is 6.52. The zero-order valence-electron chi connectivity index (χ0n) is 11.8. The van der Waals surface area contributed by atoms with Crippen LogP contribution >= 0.6 is 0 Å². The quantitative estimate of drug-likeness (QED) is 0.794. The van der Waals surface area contributed by atoms with E-state index in [4.69, 9.17) is 0 Å². The van der Waals surface area contributed by atoms with E-state index in [9.17, 15) is 14.0 Å². The smallest absolute Gasteiger partial charge is 0.299 e. The van der Waals surface area contributed by atoms with Gasteiger partial charge in [0.1, 0.15) is 5.82 Å². The number of carbonyl (C=O) groups is 2. The molecule has 0 radical (unpaired) electrons. The predicted molar refractivity (Wildman–Crippen MR) is 77.8 cm³/mol. The van der Waals surface area contributed by atoms with Crippen LogP contribution in [-0.2, 0) is 11.3 Å². The number of hydrogen-bond acceptors (Lipinski definition) is 2. The second kappa shape index (κ2) is 4.81. The number of aryl methyl sites for hydroxylation is 2. The molecular weight excluding hydrogens is 269 g/mol. The number of anilines is 1. The molecule has 0 saturated carbocycles. The SMILES string of the molecule is Cc1cc(C)c2c(c1)N(Cc1ccccc1F)C(=O)C2=O. The molecule has 0 atom stereocenters. The molecule has 106 valence electrons. The summed E-state index contributed by atoms with van der Waals surface area (Å²) < 4.78 is 13.8. The molecule has 0 spiro atoms. The van der Waals surface area contributed by atoms with Gasteiger partial charge in [-0.3, -0.25) is 9.59 Å². The molecule has 1 aliphatic rings. The maximum atomic E-state index is 13.8. The summed E-state index contributed by atoms with van der Waals surface area (Å²) in [7, 11) is 0. The molecule has 3 nitrogen and oxygen atoms in total. The monoisotopic (exact) mass is 283 g/mol. The summed E-state index contributed by atoms with van der Waals surface area (Å²) in [6, 6.07) is 9.94. The summed E-state index contributed by atoms with van der Waals surface area (Å²) in [5, 5.41) is 0. The van der Waals surface area contributed by atoms with E-state index in [1.807, 2.05) is 19.9 Å². The molecule has 0 N–H and O–H groups in total. The fraction of sp³-hybridized carbons (Fsp3) is 0.176. The lowest BCUT2D eigenvalue weighted by Gasteiger charge is -2.17. The van der Waals surface area contributed by atoms with E-state index in [1.54, 1.807) is 24.3 Å². The first-order valence-electron chi connectivity index (χ1n) is 6.70. The van der Waals surface area contributed by atoms with Crippen molar-refractivity contribution in [3.63, 3.8) is 0 Å². The minimum absolute atomic E-state index is 0.0626. The Morgan fingerprint density at radius 1 is 1.10 bits per heavy atom. The average Bonchev–Trinajstić information content (AvgIpc) is 2.66. The largest absolute Gasteiger partial charge is 0.300 e. The van der Waals surface area contributed by atoms with Crippen molar-refractivity contribution in [3.05, 3.63) is 64.5 Å². The molecule has 0 aliphatic carbocycles. The van der Waals surface area contributed by atoms with E-state index in [-0.39, 0.29) is 12.4 Å². The first kappa shape index (κ1) is 13.5. The lowest BCUT2D eigenvalue weighted by molar-refractivity contribution is -0.114. The molecule has 2 aromatic carbocycles. The van der Waals surface area contributed by atoms with Crippen LogP contribution in [0.15, 0.2) is 36.4 Å². The standard InChI is InChI=1S/C17H14FNO2/c1-10-7-11(2)15-14(8-10)19(17(21)16(15)20)9-12-5-3-4-6-13(12)18/h3-8H,9H2,1-2H3. The van der Waals surface area contributed by atoms with Crippen LogP contribution < -0.4 is 4.90 Å². The molecule has 0 fully saturated rings. The summed E-state index contributed by atoms with van der Waals surface area (Å²) in [5.41, 5.74) is 3.14. The average molecular weight is 283 g/mol. The van der Waals surface area contributed by atoms with E-state index < -0.39 is 11.7 Å². The van der Waals surface area contributed by atoms with Crippen molar-refractivity contribution in [2.45, 2.75) is 20.4 Å². The van der Waals surface area contributed by atoms with Gasteiger partial charge in [-0.1, -0.05) is 24.3 Å². The van der Waals surface area contributed by atoms with Gasteiger partial charge < -0.3 is 4.90 Å². The van der Waals surface area contributed by atoms with Crippen LogP contribution in [0, 0.1) is 19.7 Å². The fourth-order valence-corrected chi connectivity index (χ4v) is 2.75. The highest BCUT2D eigenvalue weighted by Crippen LogP contribution is 2.34. The molecule has 0 unspecified atom stereocenters. The second-order valence-electron chi connectivity index (χ2n) is 5.29. The number of nitrogens with zero attached hydrogens (tertiary/aromatic N) is 1. The van der Waals surface area contributed by atoms with Crippen LogP contribution in [0.3, 0.4) is 0 Å². The Kier molecular flexibility index (Phi) is 3.09. The Morgan fingerprint density at radius 2 is 1.81 bits per heavy atom. The summed E-state index contributed by atoms with van der Waals surface area (Å²) in [6.07, 6.45) is 0. The van der Waals surface area contributed by atoms with E-state index in [0.29, 0.717) is 16.8 Å². The Morgan fingerprint density at radius 3 is 2.52 bits per heavy atom. The summed E-state index contributed by atoms with van der Waals surface area (Å²) in [6.45, 7) is 3.78. The van der Waals surface area contributed by atoms with Crippen molar-refractivity contribution in [1.29, 1.82) is 0 Å². The van der Waals surface area contributed by atoms with Crippen molar-refractivity contribution in [3.8, 4) is 0 Å². The molecule has 1 aliphatic heterocycles. The van der Waals surface area contributed by atoms with Crippen molar-refractivity contribution < 1.29 is 14.0 Å². The summed E-state index contributed by atoms with van der Waals surface area (Å²) in [5.74, 6) is -1.49. The van der Waals surface area contributed by atoms with Crippen LogP contribution in [-0.4, -0.2) is 11.7 Å². The second-order valence-corrected chi connectivity index (χ2v) is 5.29. The molecule has 1 amide bonds. The summed E-state index contributed by atoms with van der Waals surface area (Å²) >= 11 is 0. The Hall–Kier alpha value is -2.49. The van der Waals surface area contributed by atoms with Gasteiger partial charge >= 0.3 is 0 Å². The molecule has 1 heterocycles. The summed E-state index contributed by atoms with van der Waals surface area (Å²) in [4.78, 5) is 25.7. The molecule has 0 saturated heterocycles. The lowest BCUT2D eigenvalue weighted by atomic mass is 10.0. The predicted octanol–water partition coefficient (Wildman–Crippen LogP) is 3.17. The molecule has 2 aromatic rings. The molecule has 4 heteroatoms. The van der Waals surface area contributed by atoms with Crippen molar-refractivity contribution in [1.82, 2.24) is 0 Å².